The molecule has 0 radical (unpaired) electrons. The van der Waals surface area contributed by atoms with Gasteiger partial charge in [0.05, 0.1) is 52.4 Å². The summed E-state index contributed by atoms with van der Waals surface area (Å²) in [6.45, 7) is 3.56. The highest BCUT2D eigenvalue weighted by molar-refractivity contribution is 6.34. The summed E-state index contributed by atoms with van der Waals surface area (Å²) in [4.78, 5) is 26.2. The number of nitrogens with zero attached hydrogens (tertiary/aromatic N) is 6. The van der Waals surface area contributed by atoms with Gasteiger partial charge in [0.25, 0.3) is 0 Å². The molecule has 3 fully saturated rings. The molecular formula is C32H30ClFN6O4. The molecule has 44 heavy (non-hydrogen) atoms. The van der Waals surface area contributed by atoms with Gasteiger partial charge in [-0.3, -0.25) is 4.90 Å². The first-order chi connectivity index (χ1) is 21.4. The molecule has 2 aromatic heterocycles. The van der Waals surface area contributed by atoms with Gasteiger partial charge in [0.2, 0.25) is 5.88 Å². The summed E-state index contributed by atoms with van der Waals surface area (Å²) in [6, 6.07) is 15.8. The summed E-state index contributed by atoms with van der Waals surface area (Å²) in [5, 5.41) is 18.8. The molecule has 2 aliphatic heterocycles. The molecule has 226 valence electrons. The van der Waals surface area contributed by atoms with Crippen LogP contribution in [0.15, 0.2) is 48.5 Å². The number of halogens is 2. The molecule has 1 aliphatic carbocycles. The quantitative estimate of drug-likeness (QED) is 0.277. The van der Waals surface area contributed by atoms with Crippen molar-refractivity contribution in [1.82, 2.24) is 19.4 Å². The molecule has 0 spiro atoms. The van der Waals surface area contributed by atoms with Crippen LogP contribution < -0.4 is 9.64 Å². The average Bonchev–Trinajstić information content (AvgIpc) is 3.29. The number of carboxylic acids is 1. The molecule has 2 saturated heterocycles. The summed E-state index contributed by atoms with van der Waals surface area (Å²) in [5.74, 6) is 0.562. The van der Waals surface area contributed by atoms with Crippen molar-refractivity contribution in [2.75, 3.05) is 24.6 Å². The van der Waals surface area contributed by atoms with E-state index in [-0.39, 0.29) is 34.9 Å². The van der Waals surface area contributed by atoms with Crippen LogP contribution in [-0.2, 0) is 24.4 Å². The molecule has 3 atom stereocenters. The number of carbonyl (C=O) groups is 1. The Morgan fingerprint density at radius 1 is 1.14 bits per heavy atom. The first-order valence-electron chi connectivity index (χ1n) is 14.7. The Hall–Kier alpha value is -4.24. The smallest absolute Gasteiger partial charge is 0.337 e. The van der Waals surface area contributed by atoms with E-state index in [1.807, 2.05) is 18.2 Å². The van der Waals surface area contributed by atoms with Crippen molar-refractivity contribution in [1.29, 1.82) is 5.26 Å². The second-order valence-corrected chi connectivity index (χ2v) is 11.9. The van der Waals surface area contributed by atoms with E-state index in [0.717, 1.165) is 56.1 Å². The number of carboxylic acid groups (broad SMARTS) is 1. The van der Waals surface area contributed by atoms with Gasteiger partial charge in [-0.05, 0) is 49.6 Å². The second kappa shape index (κ2) is 11.7. The molecular weight excluding hydrogens is 587 g/mol. The van der Waals surface area contributed by atoms with Gasteiger partial charge in [-0.25, -0.2) is 14.2 Å². The molecule has 4 aromatic rings. The maximum absolute atomic E-state index is 14.3. The van der Waals surface area contributed by atoms with Crippen molar-refractivity contribution in [3.8, 4) is 11.9 Å². The number of ether oxygens (including phenoxy) is 2. The molecule has 1 N–H and O–H groups in total. The number of aromatic carboxylic acids is 1. The number of hydrogen-bond donors (Lipinski definition) is 1. The zero-order valence-electron chi connectivity index (χ0n) is 23.8. The van der Waals surface area contributed by atoms with Crippen molar-refractivity contribution in [3.63, 3.8) is 0 Å². The van der Waals surface area contributed by atoms with E-state index >= 15 is 0 Å². The van der Waals surface area contributed by atoms with Crippen molar-refractivity contribution in [2.45, 2.75) is 57.1 Å². The van der Waals surface area contributed by atoms with E-state index < -0.39 is 11.8 Å². The van der Waals surface area contributed by atoms with E-state index in [4.69, 9.17) is 36.3 Å². The predicted octanol–water partition coefficient (Wildman–Crippen LogP) is 5.01. The maximum atomic E-state index is 14.3. The Balaban J connectivity index is 1.07. The van der Waals surface area contributed by atoms with Crippen LogP contribution in [-0.4, -0.2) is 68.4 Å². The lowest BCUT2D eigenvalue weighted by atomic mass is 9.81. The minimum absolute atomic E-state index is 0.0138. The van der Waals surface area contributed by atoms with Crippen LogP contribution in [0.3, 0.4) is 0 Å². The zero-order valence-corrected chi connectivity index (χ0v) is 24.6. The van der Waals surface area contributed by atoms with Gasteiger partial charge >= 0.3 is 5.97 Å². The lowest BCUT2D eigenvalue weighted by molar-refractivity contribution is -0.0594. The number of pyridine rings is 1. The highest BCUT2D eigenvalue weighted by Crippen LogP contribution is 2.37. The lowest BCUT2D eigenvalue weighted by Crippen LogP contribution is -2.64. The van der Waals surface area contributed by atoms with Crippen LogP contribution >= 0.6 is 11.6 Å². The van der Waals surface area contributed by atoms with Gasteiger partial charge in [0.1, 0.15) is 24.1 Å². The fourth-order valence-electron chi connectivity index (χ4n) is 6.33. The van der Waals surface area contributed by atoms with Crippen molar-refractivity contribution in [2.24, 2.45) is 0 Å². The largest absolute Gasteiger partial charge is 0.478 e. The van der Waals surface area contributed by atoms with E-state index in [1.165, 1.54) is 6.07 Å². The monoisotopic (exact) mass is 616 g/mol. The Kier molecular flexibility index (Phi) is 7.58. The Bertz CT molecular complexity index is 1790. The number of rotatable bonds is 9. The minimum Gasteiger partial charge on any atom is -0.478 e. The Morgan fingerprint density at radius 3 is 2.68 bits per heavy atom. The normalized spacial score (nSPS) is 21.3. The van der Waals surface area contributed by atoms with Crippen LogP contribution in [0.1, 0.15) is 46.6 Å². The molecule has 7 rings (SSSR count). The van der Waals surface area contributed by atoms with Gasteiger partial charge in [-0.1, -0.05) is 23.7 Å². The van der Waals surface area contributed by atoms with E-state index in [0.29, 0.717) is 36.1 Å². The third-order valence-electron chi connectivity index (χ3n) is 8.93. The first kappa shape index (κ1) is 28.5. The standard InChI is InChI=1S/C32H30ClFN6O4/c33-23-14-25-28(13-22(23)32(41)42)40(16-21-8-11-43-21)30(36-25)17-38-9-10-39(27-7-6-26(27)38)29-2-1-3-31(37-29)44-18-20-5-4-19(15-35)12-24(20)34/h1-5,12-14,21,26-27H,6-11,16-18H2,(H,41,42)/t21-,26-,27+/m0/s1. The maximum Gasteiger partial charge on any atom is 0.337 e. The molecule has 0 bridgehead atoms. The summed E-state index contributed by atoms with van der Waals surface area (Å²) >= 11 is 6.29. The molecule has 2 aromatic carbocycles. The first-order valence-corrected chi connectivity index (χ1v) is 15.1. The fraction of sp³-hybridized carbons (Fsp3) is 0.375. The van der Waals surface area contributed by atoms with Crippen LogP contribution in [0, 0.1) is 17.1 Å². The number of nitriles is 1. The highest BCUT2D eigenvalue weighted by atomic mass is 35.5. The van der Waals surface area contributed by atoms with Gasteiger partial charge in [0.15, 0.2) is 0 Å². The molecule has 1 saturated carbocycles. The average molecular weight is 617 g/mol. The Morgan fingerprint density at radius 2 is 1.98 bits per heavy atom. The third-order valence-corrected chi connectivity index (χ3v) is 9.24. The third kappa shape index (κ3) is 5.34. The molecule has 0 amide bonds. The SMILES string of the molecule is N#Cc1ccc(COc2cccc(N3CCN(Cc4nc5cc(Cl)c(C(=O)O)cc5n4C[C@@H]4CCO4)[C@H]4CC[C@H]43)n2)c(F)c1. The van der Waals surface area contributed by atoms with Crippen molar-refractivity contribution in [3.05, 3.63) is 81.9 Å². The minimum atomic E-state index is -1.07. The number of piperazine rings is 1. The molecule has 0 unspecified atom stereocenters. The number of hydrogen-bond acceptors (Lipinski definition) is 8. The van der Waals surface area contributed by atoms with Crippen LogP contribution in [0.4, 0.5) is 10.2 Å². The number of aromatic nitrogens is 3. The summed E-state index contributed by atoms with van der Waals surface area (Å²) in [7, 11) is 0. The molecule has 12 heteroatoms. The van der Waals surface area contributed by atoms with Crippen LogP contribution in [0.25, 0.3) is 11.0 Å². The van der Waals surface area contributed by atoms with Crippen molar-refractivity contribution < 1.29 is 23.8 Å². The second-order valence-electron chi connectivity index (χ2n) is 11.5. The number of fused-ring (bicyclic) bond motifs is 2. The number of anilines is 1. The molecule has 4 heterocycles. The lowest BCUT2D eigenvalue weighted by Gasteiger charge is -2.54. The van der Waals surface area contributed by atoms with Crippen molar-refractivity contribution >= 4 is 34.4 Å². The van der Waals surface area contributed by atoms with Gasteiger partial charge in [-0.2, -0.15) is 10.2 Å². The van der Waals surface area contributed by atoms with E-state index in [1.54, 1.807) is 30.3 Å². The molecule has 10 nitrogen and oxygen atoms in total. The Labute approximate surface area is 258 Å². The van der Waals surface area contributed by atoms with Gasteiger partial charge in [-0.15, -0.1) is 0 Å². The van der Waals surface area contributed by atoms with Gasteiger partial charge in [0, 0.05) is 43.4 Å². The summed E-state index contributed by atoms with van der Waals surface area (Å²) in [5.41, 5.74) is 2.12. The highest BCUT2D eigenvalue weighted by Gasteiger charge is 2.44. The number of imidazole rings is 1. The topological polar surface area (TPSA) is 117 Å². The van der Waals surface area contributed by atoms with Crippen LogP contribution in [0.2, 0.25) is 5.02 Å². The summed E-state index contributed by atoms with van der Waals surface area (Å²) < 4.78 is 28.0. The van der Waals surface area contributed by atoms with Gasteiger partial charge < -0.3 is 24.0 Å². The zero-order chi connectivity index (χ0) is 30.4. The fourth-order valence-corrected chi connectivity index (χ4v) is 6.57. The summed E-state index contributed by atoms with van der Waals surface area (Å²) in [6.07, 6.45) is 3.13. The number of benzene rings is 2. The van der Waals surface area contributed by atoms with E-state index in [9.17, 15) is 14.3 Å². The van der Waals surface area contributed by atoms with Crippen LogP contribution in [0.5, 0.6) is 5.88 Å². The predicted molar refractivity (Wildman–Crippen MR) is 160 cm³/mol. The van der Waals surface area contributed by atoms with E-state index in [2.05, 4.69) is 14.4 Å². The molecule has 3 aliphatic rings.